The number of hydrogen-bond donors (Lipinski definition) is 1. The van der Waals surface area contributed by atoms with E-state index in [2.05, 4.69) is 27.0 Å². The maximum Gasteiger partial charge on any atom is 0.0242 e. The number of nitrogens with one attached hydrogen (secondary N) is 1. The average Bonchev–Trinajstić information content (AvgIpc) is 2.86. The van der Waals surface area contributed by atoms with Gasteiger partial charge in [0, 0.05) is 25.7 Å². The maximum atomic E-state index is 3.65. The number of hydrogen-bond acceptors (Lipinski definition) is 3. The quantitative estimate of drug-likeness (QED) is 0.822. The lowest BCUT2D eigenvalue weighted by atomic mass is 9.94. The summed E-state index contributed by atoms with van der Waals surface area (Å²) in [6, 6.07) is 3.03. The van der Waals surface area contributed by atoms with Crippen molar-refractivity contribution < 1.29 is 0 Å². The lowest BCUT2D eigenvalue weighted by Crippen LogP contribution is -2.40. The van der Waals surface area contributed by atoms with Gasteiger partial charge in [0.1, 0.15) is 0 Å². The fourth-order valence-electron chi connectivity index (χ4n) is 2.91. The van der Waals surface area contributed by atoms with E-state index in [9.17, 15) is 0 Å². The monoisotopic (exact) mass is 222 g/mol. The zero-order valence-electron chi connectivity index (χ0n) is 8.98. The molecule has 1 aromatic rings. The normalized spacial score (nSPS) is 31.7. The molecule has 0 unspecified atom stereocenters. The Kier molecular flexibility index (Phi) is 2.77. The van der Waals surface area contributed by atoms with Crippen molar-refractivity contribution in [3.63, 3.8) is 0 Å². The Balaban J connectivity index is 1.60. The van der Waals surface area contributed by atoms with Crippen LogP contribution in [0.4, 0.5) is 0 Å². The molecule has 2 saturated heterocycles. The van der Waals surface area contributed by atoms with Crippen molar-refractivity contribution in [2.24, 2.45) is 5.92 Å². The average molecular weight is 222 g/mol. The van der Waals surface area contributed by atoms with Gasteiger partial charge in [-0.15, -0.1) is 0 Å². The highest BCUT2D eigenvalue weighted by molar-refractivity contribution is 7.07. The molecule has 0 bridgehead atoms. The molecule has 2 atom stereocenters. The summed E-state index contributed by atoms with van der Waals surface area (Å²) in [7, 11) is 0. The molecule has 0 radical (unpaired) electrons. The Bertz CT molecular complexity index is 295. The van der Waals surface area contributed by atoms with E-state index in [1.165, 1.54) is 38.0 Å². The summed E-state index contributed by atoms with van der Waals surface area (Å²) in [5, 5.41) is 8.10. The Hall–Kier alpha value is -0.380. The molecule has 0 amide bonds. The van der Waals surface area contributed by atoms with Crippen molar-refractivity contribution in [3.8, 4) is 0 Å². The van der Waals surface area contributed by atoms with Crippen LogP contribution in [0.1, 0.15) is 18.4 Å². The first-order valence-corrected chi connectivity index (χ1v) is 6.83. The van der Waals surface area contributed by atoms with E-state index in [0.29, 0.717) is 0 Å². The Morgan fingerprint density at radius 3 is 3.27 bits per heavy atom. The van der Waals surface area contributed by atoms with Gasteiger partial charge >= 0.3 is 0 Å². The summed E-state index contributed by atoms with van der Waals surface area (Å²) in [6.45, 7) is 4.93. The molecule has 2 aliphatic rings. The summed E-state index contributed by atoms with van der Waals surface area (Å²) in [4.78, 5) is 2.61. The number of nitrogens with zero attached hydrogens (tertiary/aromatic N) is 1. The topological polar surface area (TPSA) is 15.3 Å². The second kappa shape index (κ2) is 4.24. The van der Waals surface area contributed by atoms with Crippen LogP contribution in [0.15, 0.2) is 16.8 Å². The van der Waals surface area contributed by atoms with Crippen LogP contribution in [-0.4, -0.2) is 30.6 Å². The van der Waals surface area contributed by atoms with Gasteiger partial charge in [-0.1, -0.05) is 0 Å². The van der Waals surface area contributed by atoms with Crippen LogP contribution in [0.5, 0.6) is 0 Å². The van der Waals surface area contributed by atoms with Crippen LogP contribution in [0.2, 0.25) is 0 Å². The first-order chi connectivity index (χ1) is 7.42. The zero-order valence-corrected chi connectivity index (χ0v) is 9.80. The summed E-state index contributed by atoms with van der Waals surface area (Å²) < 4.78 is 0. The van der Waals surface area contributed by atoms with Crippen molar-refractivity contribution in [2.45, 2.75) is 25.4 Å². The summed E-state index contributed by atoms with van der Waals surface area (Å²) in [6.07, 6.45) is 2.80. The molecule has 82 valence electrons. The van der Waals surface area contributed by atoms with Crippen molar-refractivity contribution in [1.29, 1.82) is 0 Å². The van der Waals surface area contributed by atoms with Gasteiger partial charge in [-0.05, 0) is 47.7 Å². The Morgan fingerprint density at radius 2 is 2.47 bits per heavy atom. The second-order valence-corrected chi connectivity index (χ2v) is 5.57. The van der Waals surface area contributed by atoms with E-state index >= 15 is 0 Å². The van der Waals surface area contributed by atoms with Crippen molar-refractivity contribution >= 4 is 11.3 Å². The van der Waals surface area contributed by atoms with E-state index in [1.54, 1.807) is 11.3 Å². The van der Waals surface area contributed by atoms with Crippen LogP contribution in [0, 0.1) is 5.92 Å². The molecule has 3 rings (SSSR count). The highest BCUT2D eigenvalue weighted by Gasteiger charge is 2.33. The van der Waals surface area contributed by atoms with Crippen LogP contribution in [-0.2, 0) is 6.54 Å². The van der Waals surface area contributed by atoms with Crippen molar-refractivity contribution in [1.82, 2.24) is 10.2 Å². The summed E-state index contributed by atoms with van der Waals surface area (Å²) in [5.74, 6) is 0.914. The maximum absolute atomic E-state index is 3.65. The molecule has 0 saturated carbocycles. The lowest BCUT2D eigenvalue weighted by Gasteiger charge is -2.24. The van der Waals surface area contributed by atoms with Crippen LogP contribution in [0.3, 0.4) is 0 Å². The molecular formula is C12H18N2S. The van der Waals surface area contributed by atoms with Gasteiger partial charge < -0.3 is 5.32 Å². The third kappa shape index (κ3) is 2.10. The van der Waals surface area contributed by atoms with Gasteiger partial charge in [-0.25, -0.2) is 0 Å². The number of rotatable bonds is 2. The van der Waals surface area contributed by atoms with E-state index in [4.69, 9.17) is 0 Å². The number of likely N-dealkylation sites (tertiary alicyclic amines) is 1. The minimum absolute atomic E-state index is 0.775. The Labute approximate surface area is 95.3 Å². The molecule has 3 heterocycles. The van der Waals surface area contributed by atoms with Crippen molar-refractivity contribution in [2.75, 3.05) is 19.6 Å². The molecular weight excluding hydrogens is 204 g/mol. The third-order valence-corrected chi connectivity index (χ3v) is 4.39. The predicted octanol–water partition coefficient (Wildman–Crippen LogP) is 1.93. The van der Waals surface area contributed by atoms with E-state index < -0.39 is 0 Å². The van der Waals surface area contributed by atoms with Crippen LogP contribution < -0.4 is 5.32 Å². The minimum atomic E-state index is 0.775. The molecule has 0 spiro atoms. The first kappa shape index (κ1) is 9.82. The summed E-state index contributed by atoms with van der Waals surface area (Å²) in [5.41, 5.74) is 1.48. The standard InChI is InChI=1S/C12H18N2S/c1-2-11-7-14(8-12(11)13-4-1)6-10-3-5-15-9-10/h3,5,9,11-13H,1-2,4,6-8H2/t11-,12+/m0/s1. The molecule has 2 fully saturated rings. The molecule has 2 nitrogen and oxygen atoms in total. The largest absolute Gasteiger partial charge is 0.312 e. The molecule has 15 heavy (non-hydrogen) atoms. The second-order valence-electron chi connectivity index (χ2n) is 4.79. The fourth-order valence-corrected chi connectivity index (χ4v) is 3.57. The Morgan fingerprint density at radius 1 is 1.47 bits per heavy atom. The van der Waals surface area contributed by atoms with Gasteiger partial charge in [0.25, 0.3) is 0 Å². The SMILES string of the molecule is c1cc(CN2C[C@@H]3CCCN[C@@H]3C2)cs1. The van der Waals surface area contributed by atoms with Crippen molar-refractivity contribution in [3.05, 3.63) is 22.4 Å². The lowest BCUT2D eigenvalue weighted by molar-refractivity contribution is 0.313. The molecule has 0 aromatic carbocycles. The van der Waals surface area contributed by atoms with Crippen LogP contribution in [0.25, 0.3) is 0 Å². The minimum Gasteiger partial charge on any atom is -0.312 e. The molecule has 1 aromatic heterocycles. The van der Waals surface area contributed by atoms with Gasteiger partial charge in [0.05, 0.1) is 0 Å². The van der Waals surface area contributed by atoms with E-state index in [0.717, 1.165) is 18.5 Å². The van der Waals surface area contributed by atoms with Gasteiger partial charge in [-0.3, -0.25) is 4.90 Å². The molecule has 1 N–H and O–H groups in total. The number of piperidine rings is 1. The highest BCUT2D eigenvalue weighted by atomic mass is 32.1. The first-order valence-electron chi connectivity index (χ1n) is 5.88. The zero-order chi connectivity index (χ0) is 10.1. The van der Waals surface area contributed by atoms with E-state index in [1.807, 2.05) is 0 Å². The van der Waals surface area contributed by atoms with Gasteiger partial charge in [0.15, 0.2) is 0 Å². The van der Waals surface area contributed by atoms with E-state index in [-0.39, 0.29) is 0 Å². The van der Waals surface area contributed by atoms with Gasteiger partial charge in [-0.2, -0.15) is 11.3 Å². The predicted molar refractivity (Wildman–Crippen MR) is 64.1 cm³/mol. The number of fused-ring (bicyclic) bond motifs is 1. The van der Waals surface area contributed by atoms with Crippen LogP contribution >= 0.6 is 11.3 Å². The molecule has 2 aliphatic heterocycles. The fraction of sp³-hybridized carbons (Fsp3) is 0.667. The third-order valence-electron chi connectivity index (χ3n) is 3.66. The highest BCUT2D eigenvalue weighted by Crippen LogP contribution is 2.26. The molecule has 3 heteroatoms. The number of thiophene rings is 1. The smallest absolute Gasteiger partial charge is 0.0242 e. The van der Waals surface area contributed by atoms with Gasteiger partial charge in [0.2, 0.25) is 0 Å². The summed E-state index contributed by atoms with van der Waals surface area (Å²) >= 11 is 1.81. The molecule has 0 aliphatic carbocycles.